The molecule has 2 aromatic carbocycles. The van der Waals surface area contributed by atoms with Crippen LogP contribution in [-0.2, 0) is 11.3 Å². The molecule has 1 aliphatic carbocycles. The maximum Gasteiger partial charge on any atom is 0.244 e. The number of fused-ring (bicyclic) bond motifs is 1. The number of ether oxygens (including phenoxy) is 2. The van der Waals surface area contributed by atoms with E-state index in [1.54, 1.807) is 38.6 Å². The zero-order valence-electron chi connectivity index (χ0n) is 15.9. The first-order chi connectivity index (χ1) is 13.6. The summed E-state index contributed by atoms with van der Waals surface area (Å²) in [5.41, 5.74) is 2.11. The van der Waals surface area contributed by atoms with Gasteiger partial charge in [-0.2, -0.15) is 0 Å². The van der Waals surface area contributed by atoms with E-state index >= 15 is 0 Å². The molecule has 0 spiro atoms. The van der Waals surface area contributed by atoms with E-state index in [4.69, 9.17) is 9.47 Å². The number of anilines is 1. The predicted octanol–water partition coefficient (Wildman–Crippen LogP) is 3.89. The summed E-state index contributed by atoms with van der Waals surface area (Å²) in [6, 6.07) is 12.9. The van der Waals surface area contributed by atoms with E-state index in [2.05, 4.69) is 5.32 Å². The molecular formula is C22H22N2O4. The molecule has 4 rings (SSSR count). The minimum Gasteiger partial charge on any atom is -0.497 e. The molecule has 1 saturated carbocycles. The van der Waals surface area contributed by atoms with Crippen molar-refractivity contribution < 1.29 is 19.1 Å². The summed E-state index contributed by atoms with van der Waals surface area (Å²) in [4.78, 5) is 25.3. The normalized spacial score (nSPS) is 13.4. The van der Waals surface area contributed by atoms with Crippen molar-refractivity contribution in [2.24, 2.45) is 5.92 Å². The van der Waals surface area contributed by atoms with Crippen molar-refractivity contribution in [1.29, 1.82) is 0 Å². The van der Waals surface area contributed by atoms with Gasteiger partial charge in [0.05, 0.1) is 19.9 Å². The van der Waals surface area contributed by atoms with Gasteiger partial charge in [-0.1, -0.05) is 18.2 Å². The van der Waals surface area contributed by atoms with Gasteiger partial charge in [0, 0.05) is 34.6 Å². The molecule has 1 aromatic heterocycles. The number of amides is 1. The van der Waals surface area contributed by atoms with Crippen molar-refractivity contribution in [3.8, 4) is 11.5 Å². The Morgan fingerprint density at radius 1 is 1.11 bits per heavy atom. The highest BCUT2D eigenvalue weighted by Gasteiger charge is 2.32. The van der Waals surface area contributed by atoms with Gasteiger partial charge in [-0.3, -0.25) is 9.59 Å². The molecule has 1 N–H and O–H groups in total. The highest BCUT2D eigenvalue weighted by atomic mass is 16.5. The van der Waals surface area contributed by atoms with Gasteiger partial charge in [0.15, 0.2) is 5.78 Å². The Balaban J connectivity index is 1.60. The zero-order chi connectivity index (χ0) is 19.7. The number of methoxy groups -OCH3 is 2. The summed E-state index contributed by atoms with van der Waals surface area (Å²) < 4.78 is 12.4. The second-order valence-corrected chi connectivity index (χ2v) is 6.94. The number of benzene rings is 2. The number of aromatic nitrogens is 1. The van der Waals surface area contributed by atoms with E-state index in [1.165, 1.54) is 0 Å². The van der Waals surface area contributed by atoms with E-state index in [0.29, 0.717) is 22.7 Å². The Morgan fingerprint density at radius 2 is 1.89 bits per heavy atom. The van der Waals surface area contributed by atoms with Gasteiger partial charge >= 0.3 is 0 Å². The minimum atomic E-state index is -0.210. The van der Waals surface area contributed by atoms with Crippen LogP contribution in [0.5, 0.6) is 11.5 Å². The first-order valence-corrected chi connectivity index (χ1v) is 9.24. The van der Waals surface area contributed by atoms with Crippen molar-refractivity contribution >= 4 is 28.3 Å². The van der Waals surface area contributed by atoms with Crippen molar-refractivity contribution in [3.63, 3.8) is 0 Å². The Hall–Kier alpha value is -3.28. The van der Waals surface area contributed by atoms with Gasteiger partial charge < -0.3 is 19.4 Å². The summed E-state index contributed by atoms with van der Waals surface area (Å²) in [6.45, 7) is 0.0961. The average molecular weight is 378 g/mol. The summed E-state index contributed by atoms with van der Waals surface area (Å²) in [5, 5.41) is 3.77. The Kier molecular flexibility index (Phi) is 4.77. The number of Topliss-reactive ketones (excluding diaryl/α,β-unsaturated/α-hetero) is 1. The lowest BCUT2D eigenvalue weighted by atomic mass is 10.1. The average Bonchev–Trinajstić information content (AvgIpc) is 3.50. The van der Waals surface area contributed by atoms with E-state index in [1.807, 2.05) is 28.8 Å². The highest BCUT2D eigenvalue weighted by Crippen LogP contribution is 2.35. The van der Waals surface area contributed by atoms with Gasteiger partial charge in [-0.15, -0.1) is 0 Å². The topological polar surface area (TPSA) is 69.6 Å². The van der Waals surface area contributed by atoms with Crippen LogP contribution in [0.1, 0.15) is 23.2 Å². The fourth-order valence-electron chi connectivity index (χ4n) is 3.40. The standard InChI is InChI=1S/C22H22N2O4/c1-27-15-9-10-20(28-2)18(11-15)23-21(25)13-24-12-17(22(26)14-7-8-14)16-5-3-4-6-19(16)24/h3-6,9-12,14H,7-8,13H2,1-2H3,(H,23,25). The van der Waals surface area contributed by atoms with Crippen LogP contribution >= 0.6 is 0 Å². The maximum atomic E-state index is 12.7. The Bertz CT molecular complexity index is 1050. The highest BCUT2D eigenvalue weighted by molar-refractivity contribution is 6.10. The molecule has 144 valence electrons. The second kappa shape index (κ2) is 7.38. The summed E-state index contributed by atoms with van der Waals surface area (Å²) in [7, 11) is 3.12. The van der Waals surface area contributed by atoms with Crippen LogP contribution in [0.25, 0.3) is 10.9 Å². The third kappa shape index (κ3) is 3.45. The molecule has 0 bridgehead atoms. The van der Waals surface area contributed by atoms with E-state index in [0.717, 1.165) is 23.7 Å². The van der Waals surface area contributed by atoms with Crippen LogP contribution in [0.4, 0.5) is 5.69 Å². The molecule has 0 aliphatic heterocycles. The summed E-state index contributed by atoms with van der Waals surface area (Å²) in [5.74, 6) is 1.27. The van der Waals surface area contributed by atoms with Gasteiger partial charge in [0.1, 0.15) is 18.0 Å². The molecular weight excluding hydrogens is 356 g/mol. The first-order valence-electron chi connectivity index (χ1n) is 9.24. The second-order valence-electron chi connectivity index (χ2n) is 6.94. The van der Waals surface area contributed by atoms with Crippen LogP contribution in [0.2, 0.25) is 0 Å². The molecule has 0 atom stereocenters. The first kappa shape index (κ1) is 18.1. The molecule has 1 amide bonds. The van der Waals surface area contributed by atoms with Gasteiger partial charge in [-0.25, -0.2) is 0 Å². The number of para-hydroxylation sites is 1. The number of rotatable bonds is 7. The fraction of sp³-hybridized carbons (Fsp3) is 0.273. The molecule has 6 nitrogen and oxygen atoms in total. The SMILES string of the molecule is COc1ccc(OC)c(NC(=O)Cn2cc(C(=O)C3CC3)c3ccccc32)c1. The van der Waals surface area contributed by atoms with Gasteiger partial charge in [0.2, 0.25) is 5.91 Å². The molecule has 0 unspecified atom stereocenters. The van der Waals surface area contributed by atoms with E-state index < -0.39 is 0 Å². The van der Waals surface area contributed by atoms with Crippen LogP contribution in [0.3, 0.4) is 0 Å². The Morgan fingerprint density at radius 3 is 2.61 bits per heavy atom. The molecule has 0 radical (unpaired) electrons. The minimum absolute atomic E-state index is 0.0961. The number of nitrogens with one attached hydrogen (secondary N) is 1. The quantitative estimate of drug-likeness (QED) is 0.633. The number of hydrogen-bond donors (Lipinski definition) is 1. The van der Waals surface area contributed by atoms with E-state index in [9.17, 15) is 9.59 Å². The van der Waals surface area contributed by atoms with Crippen LogP contribution < -0.4 is 14.8 Å². The molecule has 1 aliphatic rings. The number of nitrogens with zero attached hydrogens (tertiary/aromatic N) is 1. The van der Waals surface area contributed by atoms with E-state index in [-0.39, 0.29) is 24.2 Å². The molecule has 1 fully saturated rings. The Labute approximate surface area is 163 Å². The van der Waals surface area contributed by atoms with Gasteiger partial charge in [-0.05, 0) is 31.0 Å². The van der Waals surface area contributed by atoms with Crippen molar-refractivity contribution in [1.82, 2.24) is 4.57 Å². The largest absolute Gasteiger partial charge is 0.497 e. The monoisotopic (exact) mass is 378 g/mol. The molecule has 28 heavy (non-hydrogen) atoms. The predicted molar refractivity (Wildman–Crippen MR) is 107 cm³/mol. The smallest absolute Gasteiger partial charge is 0.244 e. The lowest BCUT2D eigenvalue weighted by molar-refractivity contribution is -0.116. The maximum absolute atomic E-state index is 12.7. The number of hydrogen-bond acceptors (Lipinski definition) is 4. The molecule has 0 saturated heterocycles. The number of carbonyl (C=O) groups excluding carboxylic acids is 2. The van der Waals surface area contributed by atoms with Crippen molar-refractivity contribution in [2.75, 3.05) is 19.5 Å². The van der Waals surface area contributed by atoms with Crippen LogP contribution in [-0.4, -0.2) is 30.5 Å². The third-order valence-electron chi connectivity index (χ3n) is 5.00. The zero-order valence-corrected chi connectivity index (χ0v) is 15.9. The number of carbonyl (C=O) groups is 2. The van der Waals surface area contributed by atoms with Crippen molar-refractivity contribution in [3.05, 3.63) is 54.2 Å². The summed E-state index contributed by atoms with van der Waals surface area (Å²) >= 11 is 0. The lowest BCUT2D eigenvalue weighted by Gasteiger charge is -2.12. The van der Waals surface area contributed by atoms with Crippen LogP contribution in [0, 0.1) is 5.92 Å². The molecule has 3 aromatic rings. The van der Waals surface area contributed by atoms with Gasteiger partial charge in [0.25, 0.3) is 0 Å². The molecule has 1 heterocycles. The fourth-order valence-corrected chi connectivity index (χ4v) is 3.40. The number of ketones is 1. The van der Waals surface area contributed by atoms with Crippen LogP contribution in [0.15, 0.2) is 48.7 Å². The third-order valence-corrected chi connectivity index (χ3v) is 5.00. The molecule has 6 heteroatoms. The van der Waals surface area contributed by atoms with Crippen molar-refractivity contribution in [2.45, 2.75) is 19.4 Å². The lowest BCUT2D eigenvalue weighted by Crippen LogP contribution is -2.18. The summed E-state index contributed by atoms with van der Waals surface area (Å²) in [6.07, 6.45) is 3.70.